The quantitative estimate of drug-likeness (QED) is 0.798. The summed E-state index contributed by atoms with van der Waals surface area (Å²) in [6.07, 6.45) is 11.0. The van der Waals surface area contributed by atoms with Gasteiger partial charge in [-0.2, -0.15) is 0 Å². The van der Waals surface area contributed by atoms with Gasteiger partial charge in [0.1, 0.15) is 0 Å². The number of piperidine rings is 1. The molecule has 3 heteroatoms. The van der Waals surface area contributed by atoms with E-state index < -0.39 is 0 Å². The van der Waals surface area contributed by atoms with Crippen molar-refractivity contribution in [3.63, 3.8) is 0 Å². The lowest BCUT2D eigenvalue weighted by atomic mass is 9.92. The van der Waals surface area contributed by atoms with E-state index in [1.54, 1.807) is 0 Å². The van der Waals surface area contributed by atoms with Gasteiger partial charge in [-0.15, -0.1) is 0 Å². The summed E-state index contributed by atoms with van der Waals surface area (Å²) in [6.45, 7) is 2.75. The van der Waals surface area contributed by atoms with Crippen molar-refractivity contribution in [3.8, 4) is 0 Å². The van der Waals surface area contributed by atoms with Crippen LogP contribution >= 0.6 is 0 Å². The maximum absolute atomic E-state index is 12.7. The summed E-state index contributed by atoms with van der Waals surface area (Å²) in [5.74, 6) is 0.643. The summed E-state index contributed by atoms with van der Waals surface area (Å²) in [5, 5.41) is 9.62. The predicted molar refractivity (Wildman–Crippen MR) is 76.8 cm³/mol. The van der Waals surface area contributed by atoms with Gasteiger partial charge in [-0.25, -0.2) is 0 Å². The third-order valence-electron chi connectivity index (χ3n) is 4.73. The van der Waals surface area contributed by atoms with Gasteiger partial charge in [0, 0.05) is 18.5 Å². The lowest BCUT2D eigenvalue weighted by Gasteiger charge is -2.38. The Balaban J connectivity index is 1.97. The highest BCUT2D eigenvalue weighted by Crippen LogP contribution is 2.28. The summed E-state index contributed by atoms with van der Waals surface area (Å²) >= 11 is 0. The standard InChI is InChI=1S/C16H29NO2/c1-13(18)12-15-10-6-7-11-17(15)16(19)14-8-4-2-3-5-9-14/h13-15,18H,2-12H2,1H3. The molecule has 1 saturated carbocycles. The van der Waals surface area contributed by atoms with Gasteiger partial charge >= 0.3 is 0 Å². The molecule has 0 aromatic carbocycles. The second-order valence-corrected chi connectivity index (χ2v) is 6.45. The summed E-state index contributed by atoms with van der Waals surface area (Å²) in [7, 11) is 0. The highest BCUT2D eigenvalue weighted by atomic mass is 16.3. The van der Waals surface area contributed by atoms with E-state index in [9.17, 15) is 9.90 Å². The van der Waals surface area contributed by atoms with Crippen LogP contribution in [0.4, 0.5) is 0 Å². The molecule has 1 amide bonds. The topological polar surface area (TPSA) is 40.5 Å². The molecule has 2 fully saturated rings. The van der Waals surface area contributed by atoms with Crippen molar-refractivity contribution in [3.05, 3.63) is 0 Å². The maximum atomic E-state index is 12.7. The molecule has 1 heterocycles. The lowest BCUT2D eigenvalue weighted by Crippen LogP contribution is -2.47. The number of likely N-dealkylation sites (tertiary alicyclic amines) is 1. The number of carbonyl (C=O) groups excluding carboxylic acids is 1. The van der Waals surface area contributed by atoms with Gasteiger partial charge in [-0.1, -0.05) is 25.7 Å². The number of carbonyl (C=O) groups is 1. The number of aliphatic hydroxyl groups is 1. The zero-order valence-electron chi connectivity index (χ0n) is 12.3. The Morgan fingerprint density at radius 2 is 1.74 bits per heavy atom. The largest absolute Gasteiger partial charge is 0.393 e. The average Bonchev–Trinajstić information content (AvgIpc) is 2.67. The minimum Gasteiger partial charge on any atom is -0.393 e. The Hall–Kier alpha value is -0.570. The first-order chi connectivity index (χ1) is 9.18. The van der Waals surface area contributed by atoms with Gasteiger partial charge in [-0.3, -0.25) is 4.79 Å². The van der Waals surface area contributed by atoms with E-state index in [0.717, 1.165) is 38.6 Å². The van der Waals surface area contributed by atoms with E-state index in [-0.39, 0.29) is 18.1 Å². The van der Waals surface area contributed by atoms with Crippen LogP contribution in [0.1, 0.15) is 71.1 Å². The number of rotatable bonds is 3. The van der Waals surface area contributed by atoms with E-state index in [0.29, 0.717) is 5.91 Å². The Labute approximate surface area is 117 Å². The van der Waals surface area contributed by atoms with Gasteiger partial charge in [0.2, 0.25) is 5.91 Å². The molecule has 110 valence electrons. The molecule has 0 radical (unpaired) electrons. The number of hydrogen-bond donors (Lipinski definition) is 1. The van der Waals surface area contributed by atoms with Gasteiger partial charge in [0.15, 0.2) is 0 Å². The van der Waals surface area contributed by atoms with E-state index in [1.165, 1.54) is 32.1 Å². The van der Waals surface area contributed by atoms with Crippen LogP contribution in [-0.2, 0) is 4.79 Å². The molecule has 2 atom stereocenters. The summed E-state index contributed by atoms with van der Waals surface area (Å²) < 4.78 is 0. The first-order valence-corrected chi connectivity index (χ1v) is 8.17. The van der Waals surface area contributed by atoms with Crippen molar-refractivity contribution in [1.82, 2.24) is 4.90 Å². The molecule has 1 saturated heterocycles. The van der Waals surface area contributed by atoms with Crippen LogP contribution < -0.4 is 0 Å². The molecule has 2 aliphatic rings. The van der Waals surface area contributed by atoms with Crippen LogP contribution in [-0.4, -0.2) is 34.6 Å². The fraction of sp³-hybridized carbons (Fsp3) is 0.938. The van der Waals surface area contributed by atoms with Gasteiger partial charge in [0.25, 0.3) is 0 Å². The maximum Gasteiger partial charge on any atom is 0.225 e. The summed E-state index contributed by atoms with van der Waals surface area (Å²) in [6, 6.07) is 0.282. The van der Waals surface area contributed by atoms with Crippen molar-refractivity contribution in [1.29, 1.82) is 0 Å². The SMILES string of the molecule is CC(O)CC1CCCCN1C(=O)C1CCCCCC1. The van der Waals surface area contributed by atoms with Crippen LogP contribution in [0.15, 0.2) is 0 Å². The third-order valence-corrected chi connectivity index (χ3v) is 4.73. The Bertz CT molecular complexity index is 282. The molecular formula is C16H29NO2. The minimum absolute atomic E-state index is 0.261. The zero-order valence-corrected chi connectivity index (χ0v) is 12.3. The lowest BCUT2D eigenvalue weighted by molar-refractivity contribution is -0.140. The van der Waals surface area contributed by atoms with E-state index in [2.05, 4.69) is 4.90 Å². The van der Waals surface area contributed by atoms with Crippen LogP contribution in [0, 0.1) is 5.92 Å². The molecule has 2 rings (SSSR count). The van der Waals surface area contributed by atoms with Crippen LogP contribution in [0.3, 0.4) is 0 Å². The second-order valence-electron chi connectivity index (χ2n) is 6.45. The number of nitrogens with zero attached hydrogens (tertiary/aromatic N) is 1. The highest BCUT2D eigenvalue weighted by Gasteiger charge is 2.32. The smallest absolute Gasteiger partial charge is 0.225 e. The molecular weight excluding hydrogens is 238 g/mol. The second kappa shape index (κ2) is 7.28. The third kappa shape index (κ3) is 4.20. The normalized spacial score (nSPS) is 27.9. The fourth-order valence-corrected chi connectivity index (χ4v) is 3.69. The number of amides is 1. The van der Waals surface area contributed by atoms with Crippen LogP contribution in [0.2, 0.25) is 0 Å². The molecule has 1 aliphatic heterocycles. The van der Waals surface area contributed by atoms with Crippen molar-refractivity contribution < 1.29 is 9.90 Å². The Morgan fingerprint density at radius 1 is 1.11 bits per heavy atom. The first-order valence-electron chi connectivity index (χ1n) is 8.17. The monoisotopic (exact) mass is 267 g/mol. The number of hydrogen-bond acceptors (Lipinski definition) is 2. The molecule has 0 aromatic rings. The first kappa shape index (κ1) is 14.8. The molecule has 19 heavy (non-hydrogen) atoms. The highest BCUT2D eigenvalue weighted by molar-refractivity contribution is 5.79. The van der Waals surface area contributed by atoms with Gasteiger partial charge in [-0.05, 0) is 45.4 Å². The Kier molecular flexibility index (Phi) is 5.68. The molecule has 0 spiro atoms. The molecule has 1 N–H and O–H groups in total. The van der Waals surface area contributed by atoms with Crippen LogP contribution in [0.25, 0.3) is 0 Å². The van der Waals surface area contributed by atoms with E-state index >= 15 is 0 Å². The predicted octanol–water partition coefficient (Wildman–Crippen LogP) is 3.11. The molecule has 0 aromatic heterocycles. The van der Waals surface area contributed by atoms with Crippen molar-refractivity contribution in [2.75, 3.05) is 6.54 Å². The summed E-state index contributed by atoms with van der Waals surface area (Å²) in [4.78, 5) is 14.8. The van der Waals surface area contributed by atoms with E-state index in [4.69, 9.17) is 0 Å². The average molecular weight is 267 g/mol. The number of aliphatic hydroxyl groups excluding tert-OH is 1. The Morgan fingerprint density at radius 3 is 2.37 bits per heavy atom. The minimum atomic E-state index is -0.299. The van der Waals surface area contributed by atoms with Crippen molar-refractivity contribution >= 4 is 5.91 Å². The van der Waals surface area contributed by atoms with Gasteiger partial charge in [0.05, 0.1) is 6.10 Å². The zero-order chi connectivity index (χ0) is 13.7. The summed E-state index contributed by atoms with van der Waals surface area (Å²) in [5.41, 5.74) is 0. The van der Waals surface area contributed by atoms with E-state index in [1.807, 2.05) is 6.92 Å². The van der Waals surface area contributed by atoms with Gasteiger partial charge < -0.3 is 10.0 Å². The fourth-order valence-electron chi connectivity index (χ4n) is 3.69. The van der Waals surface area contributed by atoms with Crippen LogP contribution in [0.5, 0.6) is 0 Å². The van der Waals surface area contributed by atoms with Crippen molar-refractivity contribution in [2.24, 2.45) is 5.92 Å². The molecule has 1 aliphatic carbocycles. The molecule has 0 bridgehead atoms. The van der Waals surface area contributed by atoms with Crippen molar-refractivity contribution in [2.45, 2.75) is 83.3 Å². The molecule has 2 unspecified atom stereocenters. The molecule has 3 nitrogen and oxygen atoms in total.